The van der Waals surface area contributed by atoms with Gasteiger partial charge in [0.25, 0.3) is 0 Å². The zero-order chi connectivity index (χ0) is 17.4. The molecule has 0 spiro atoms. The Morgan fingerprint density at radius 1 is 1.13 bits per heavy atom. The number of hydrogen-bond acceptors (Lipinski definition) is 4. The van der Waals surface area contributed by atoms with Crippen molar-refractivity contribution in [2.24, 2.45) is 5.92 Å². The average molecular weight is 343 g/mol. The molecular weight excluding hydrogens is 320 g/mol. The largest absolute Gasteiger partial charge is 0.495 e. The molecular formula is C16H23ClN2O4. The van der Waals surface area contributed by atoms with E-state index in [4.69, 9.17) is 21.1 Å². The summed E-state index contributed by atoms with van der Waals surface area (Å²) < 4.78 is 10.3. The van der Waals surface area contributed by atoms with Gasteiger partial charge in [0, 0.05) is 18.7 Å². The van der Waals surface area contributed by atoms with Crippen LogP contribution < -0.4 is 20.1 Å². The van der Waals surface area contributed by atoms with Crippen molar-refractivity contribution < 1.29 is 19.1 Å². The van der Waals surface area contributed by atoms with Gasteiger partial charge in [0.1, 0.15) is 17.9 Å². The van der Waals surface area contributed by atoms with Gasteiger partial charge in [0.05, 0.1) is 24.9 Å². The third kappa shape index (κ3) is 6.36. The van der Waals surface area contributed by atoms with Crippen LogP contribution in [0.4, 0.5) is 5.69 Å². The molecule has 0 aliphatic rings. The Kier molecular flexibility index (Phi) is 7.68. The van der Waals surface area contributed by atoms with E-state index in [0.29, 0.717) is 34.7 Å². The number of benzene rings is 1. The van der Waals surface area contributed by atoms with E-state index in [9.17, 15) is 9.59 Å². The second kappa shape index (κ2) is 9.25. The molecule has 0 saturated carbocycles. The van der Waals surface area contributed by atoms with Crippen molar-refractivity contribution in [3.05, 3.63) is 17.2 Å². The van der Waals surface area contributed by atoms with Crippen LogP contribution in [0.2, 0.25) is 5.02 Å². The Hall–Kier alpha value is -1.95. The number of carbonyl (C=O) groups excluding carboxylic acids is 2. The van der Waals surface area contributed by atoms with Crippen LogP contribution in [0.15, 0.2) is 12.1 Å². The molecule has 0 fully saturated rings. The zero-order valence-corrected chi connectivity index (χ0v) is 14.6. The van der Waals surface area contributed by atoms with Crippen LogP contribution in [0.25, 0.3) is 0 Å². The summed E-state index contributed by atoms with van der Waals surface area (Å²) in [6, 6.07) is 3.09. The molecule has 2 N–H and O–H groups in total. The van der Waals surface area contributed by atoms with Gasteiger partial charge in [-0.25, -0.2) is 0 Å². The van der Waals surface area contributed by atoms with Gasteiger partial charge in [0.15, 0.2) is 0 Å². The van der Waals surface area contributed by atoms with Gasteiger partial charge >= 0.3 is 0 Å². The number of halogens is 1. The first-order valence-electron chi connectivity index (χ1n) is 7.35. The monoisotopic (exact) mass is 342 g/mol. The summed E-state index contributed by atoms with van der Waals surface area (Å²) in [6.07, 6.45) is 0.613. The molecule has 2 amide bonds. The normalized spacial score (nSPS) is 10.3. The second-order valence-corrected chi connectivity index (χ2v) is 5.85. The highest BCUT2D eigenvalue weighted by Crippen LogP contribution is 2.35. The van der Waals surface area contributed by atoms with E-state index in [-0.39, 0.29) is 12.3 Å². The molecule has 0 unspecified atom stereocenters. The molecule has 0 radical (unpaired) electrons. The molecule has 128 valence electrons. The Labute approximate surface area is 141 Å². The van der Waals surface area contributed by atoms with E-state index in [0.717, 1.165) is 6.42 Å². The van der Waals surface area contributed by atoms with E-state index in [1.54, 1.807) is 12.1 Å². The molecule has 0 saturated heterocycles. The molecule has 1 rings (SSSR count). The van der Waals surface area contributed by atoms with E-state index in [1.807, 2.05) is 0 Å². The van der Waals surface area contributed by atoms with Gasteiger partial charge in [-0.3, -0.25) is 9.59 Å². The first kappa shape index (κ1) is 19.1. The molecule has 1 aromatic rings. The zero-order valence-electron chi connectivity index (χ0n) is 13.9. The number of amides is 2. The lowest BCUT2D eigenvalue weighted by Gasteiger charge is -2.13. The van der Waals surface area contributed by atoms with E-state index in [2.05, 4.69) is 24.5 Å². The van der Waals surface area contributed by atoms with Gasteiger partial charge in [0.2, 0.25) is 11.8 Å². The lowest BCUT2D eigenvalue weighted by Crippen LogP contribution is -2.29. The van der Waals surface area contributed by atoms with E-state index >= 15 is 0 Å². The highest BCUT2D eigenvalue weighted by atomic mass is 35.5. The van der Waals surface area contributed by atoms with Crippen molar-refractivity contribution in [1.29, 1.82) is 0 Å². The third-order valence-electron chi connectivity index (χ3n) is 3.11. The number of ether oxygens (including phenoxy) is 2. The summed E-state index contributed by atoms with van der Waals surface area (Å²) in [6.45, 7) is 4.69. The van der Waals surface area contributed by atoms with E-state index in [1.165, 1.54) is 14.2 Å². The maximum Gasteiger partial charge on any atom is 0.233 e. The van der Waals surface area contributed by atoms with Crippen LogP contribution in [0.1, 0.15) is 26.7 Å². The smallest absolute Gasteiger partial charge is 0.233 e. The molecule has 1 aromatic carbocycles. The van der Waals surface area contributed by atoms with Crippen molar-refractivity contribution in [2.45, 2.75) is 26.7 Å². The van der Waals surface area contributed by atoms with Crippen LogP contribution >= 0.6 is 11.6 Å². The summed E-state index contributed by atoms with van der Waals surface area (Å²) >= 11 is 6.00. The fourth-order valence-corrected chi connectivity index (χ4v) is 2.09. The van der Waals surface area contributed by atoms with Crippen LogP contribution in [-0.4, -0.2) is 32.6 Å². The highest BCUT2D eigenvalue weighted by Gasteiger charge is 2.15. The van der Waals surface area contributed by atoms with Crippen LogP contribution in [-0.2, 0) is 9.59 Å². The lowest BCUT2D eigenvalue weighted by molar-refractivity contribution is -0.126. The molecule has 23 heavy (non-hydrogen) atoms. The highest BCUT2D eigenvalue weighted by molar-refractivity contribution is 6.32. The minimum Gasteiger partial charge on any atom is -0.495 e. The lowest BCUT2D eigenvalue weighted by atomic mass is 10.1. The third-order valence-corrected chi connectivity index (χ3v) is 3.41. The van der Waals surface area contributed by atoms with Crippen molar-refractivity contribution in [2.75, 3.05) is 26.1 Å². The summed E-state index contributed by atoms with van der Waals surface area (Å²) in [5.41, 5.74) is 0.397. The standard InChI is InChI=1S/C16H23ClN2O4/c1-10(2)5-6-18-15(20)9-16(21)19-12-8-13(22-3)11(17)7-14(12)23-4/h7-8,10H,5-6,9H2,1-4H3,(H,18,20)(H,19,21). The Balaban J connectivity index is 2.64. The van der Waals surface area contributed by atoms with Crippen molar-refractivity contribution in [1.82, 2.24) is 5.32 Å². The van der Waals surface area contributed by atoms with Gasteiger partial charge in [-0.05, 0) is 12.3 Å². The molecule has 0 aliphatic carbocycles. The second-order valence-electron chi connectivity index (χ2n) is 5.44. The molecule has 7 heteroatoms. The van der Waals surface area contributed by atoms with Gasteiger partial charge in [-0.15, -0.1) is 0 Å². The summed E-state index contributed by atoms with van der Waals surface area (Å²) in [5.74, 6) is 0.543. The topological polar surface area (TPSA) is 76.7 Å². The fourth-order valence-electron chi connectivity index (χ4n) is 1.86. The van der Waals surface area contributed by atoms with E-state index < -0.39 is 5.91 Å². The summed E-state index contributed by atoms with van der Waals surface area (Å²) in [4.78, 5) is 23.7. The number of anilines is 1. The number of carbonyl (C=O) groups is 2. The van der Waals surface area contributed by atoms with Crippen LogP contribution in [0.5, 0.6) is 11.5 Å². The average Bonchev–Trinajstić information content (AvgIpc) is 2.47. The number of methoxy groups -OCH3 is 2. The summed E-state index contributed by atoms with van der Waals surface area (Å²) in [5, 5.41) is 5.71. The predicted molar refractivity (Wildman–Crippen MR) is 90.3 cm³/mol. The van der Waals surface area contributed by atoms with Crippen LogP contribution in [0, 0.1) is 5.92 Å². The molecule has 0 bridgehead atoms. The maximum atomic E-state index is 12.0. The van der Waals surface area contributed by atoms with Crippen molar-refractivity contribution >= 4 is 29.1 Å². The minimum absolute atomic E-state index is 0.258. The molecule has 6 nitrogen and oxygen atoms in total. The first-order chi connectivity index (χ1) is 10.9. The molecule has 0 aliphatic heterocycles. The Morgan fingerprint density at radius 3 is 2.35 bits per heavy atom. The van der Waals surface area contributed by atoms with Crippen molar-refractivity contribution in [3.63, 3.8) is 0 Å². The first-order valence-corrected chi connectivity index (χ1v) is 7.73. The van der Waals surface area contributed by atoms with Gasteiger partial charge < -0.3 is 20.1 Å². The minimum atomic E-state index is -0.435. The molecule has 0 atom stereocenters. The quantitative estimate of drug-likeness (QED) is 0.712. The Bertz CT molecular complexity index is 561. The van der Waals surface area contributed by atoms with Gasteiger partial charge in [-0.1, -0.05) is 25.4 Å². The Morgan fingerprint density at radius 2 is 1.78 bits per heavy atom. The number of hydrogen-bond donors (Lipinski definition) is 2. The summed E-state index contributed by atoms with van der Waals surface area (Å²) in [7, 11) is 2.94. The van der Waals surface area contributed by atoms with Crippen LogP contribution in [0.3, 0.4) is 0 Å². The molecule has 0 aromatic heterocycles. The number of rotatable bonds is 8. The number of nitrogens with one attached hydrogen (secondary N) is 2. The van der Waals surface area contributed by atoms with Crippen molar-refractivity contribution in [3.8, 4) is 11.5 Å². The maximum absolute atomic E-state index is 12.0. The molecule has 0 heterocycles. The van der Waals surface area contributed by atoms with Gasteiger partial charge in [-0.2, -0.15) is 0 Å². The fraction of sp³-hybridized carbons (Fsp3) is 0.500. The SMILES string of the molecule is COc1cc(NC(=O)CC(=O)NCCC(C)C)c(OC)cc1Cl. The predicted octanol–water partition coefficient (Wildman–Crippen LogP) is 2.85.